The zero-order chi connectivity index (χ0) is 26.5. The largest absolute Gasteiger partial charge is 0.465 e. The van der Waals surface area contributed by atoms with E-state index in [1.165, 1.54) is 38.5 Å². The first-order valence-electron chi connectivity index (χ1n) is 15.7. The average Bonchev–Trinajstić information content (AvgIpc) is 2.90. The summed E-state index contributed by atoms with van der Waals surface area (Å²) in [6.45, 7) is 14.6. The van der Waals surface area contributed by atoms with Crippen LogP contribution in [-0.4, -0.2) is 25.2 Å². The summed E-state index contributed by atoms with van der Waals surface area (Å²) in [6.07, 6.45) is 15.4. The van der Waals surface area contributed by atoms with Crippen LogP contribution in [0.1, 0.15) is 131 Å². The molecule has 0 bridgehead atoms. The number of hydrogen-bond acceptors (Lipinski definition) is 4. The van der Waals surface area contributed by atoms with Crippen LogP contribution in [-0.2, 0) is 19.1 Å². The molecule has 5 atom stereocenters. The maximum atomic E-state index is 12.8. The Hall–Kier alpha value is -1.06. The summed E-state index contributed by atoms with van der Waals surface area (Å²) in [7, 11) is 0. The number of rotatable bonds is 15. The third kappa shape index (κ3) is 10.0. The Morgan fingerprint density at radius 2 is 1.42 bits per heavy atom. The van der Waals surface area contributed by atoms with Crippen molar-refractivity contribution in [2.45, 2.75) is 131 Å². The third-order valence-corrected chi connectivity index (χ3v) is 9.70. The van der Waals surface area contributed by atoms with Crippen molar-refractivity contribution >= 4 is 11.9 Å². The summed E-state index contributed by atoms with van der Waals surface area (Å²) >= 11 is 0. The van der Waals surface area contributed by atoms with Gasteiger partial charge < -0.3 is 9.47 Å². The zero-order valence-corrected chi connectivity index (χ0v) is 24.6. The Bertz CT molecular complexity index is 622. The maximum absolute atomic E-state index is 12.8. The Kier molecular flexibility index (Phi) is 14.5. The number of hydrogen-bond donors (Lipinski definition) is 0. The molecule has 210 valence electrons. The van der Waals surface area contributed by atoms with Crippen LogP contribution in [0.3, 0.4) is 0 Å². The molecule has 2 saturated carbocycles. The molecule has 0 aromatic rings. The first-order valence-corrected chi connectivity index (χ1v) is 15.7. The van der Waals surface area contributed by atoms with Gasteiger partial charge in [-0.05, 0) is 93.3 Å². The van der Waals surface area contributed by atoms with Gasteiger partial charge in [0.1, 0.15) is 0 Å². The van der Waals surface area contributed by atoms with Gasteiger partial charge >= 0.3 is 11.9 Å². The fraction of sp³-hybridized carbons (Fsp3) is 0.938. The molecular weight excluding hydrogens is 448 g/mol. The molecule has 0 N–H and O–H groups in total. The first kappa shape index (κ1) is 31.2. The quantitative estimate of drug-likeness (QED) is 0.209. The van der Waals surface area contributed by atoms with Crippen molar-refractivity contribution in [3.05, 3.63) is 0 Å². The molecule has 0 aromatic carbocycles. The molecule has 0 aliphatic heterocycles. The summed E-state index contributed by atoms with van der Waals surface area (Å²) in [4.78, 5) is 25.6. The topological polar surface area (TPSA) is 52.6 Å². The van der Waals surface area contributed by atoms with Crippen molar-refractivity contribution in [3.63, 3.8) is 0 Å². The third-order valence-electron chi connectivity index (χ3n) is 9.70. The predicted molar refractivity (Wildman–Crippen MR) is 149 cm³/mol. The molecule has 5 unspecified atom stereocenters. The van der Waals surface area contributed by atoms with Gasteiger partial charge in [-0.2, -0.15) is 0 Å². The Morgan fingerprint density at radius 3 is 1.94 bits per heavy atom. The summed E-state index contributed by atoms with van der Waals surface area (Å²) < 4.78 is 11.7. The molecule has 2 fully saturated rings. The molecule has 36 heavy (non-hydrogen) atoms. The summed E-state index contributed by atoms with van der Waals surface area (Å²) in [5.74, 6) is 3.80. The number of carbonyl (C=O) groups excluding carboxylic acids is 2. The van der Waals surface area contributed by atoms with Crippen molar-refractivity contribution < 1.29 is 19.1 Å². The standard InChI is InChI=1S/C32H58O4/c1-7-11-12-29(23(5)6)20-28(10-4)31(33)35-21-24-13-15-25(16-14-24)22-36-32(34)30-18-17-26(8-2)27(9-3)19-30/h23-30H,7-22H2,1-6H3. The van der Waals surface area contributed by atoms with E-state index in [-0.39, 0.29) is 23.8 Å². The van der Waals surface area contributed by atoms with E-state index in [1.807, 2.05) is 0 Å². The summed E-state index contributed by atoms with van der Waals surface area (Å²) in [6, 6.07) is 0. The molecule has 2 rings (SSSR count). The van der Waals surface area contributed by atoms with E-state index >= 15 is 0 Å². The minimum Gasteiger partial charge on any atom is -0.465 e. The van der Waals surface area contributed by atoms with Gasteiger partial charge in [-0.25, -0.2) is 0 Å². The van der Waals surface area contributed by atoms with Crippen LogP contribution in [0.25, 0.3) is 0 Å². The second-order valence-corrected chi connectivity index (χ2v) is 12.5. The van der Waals surface area contributed by atoms with E-state index < -0.39 is 0 Å². The van der Waals surface area contributed by atoms with Crippen LogP contribution in [0.2, 0.25) is 0 Å². The number of unbranched alkanes of at least 4 members (excludes halogenated alkanes) is 1. The monoisotopic (exact) mass is 506 g/mol. The highest BCUT2D eigenvalue weighted by molar-refractivity contribution is 5.72. The Labute approximate surface area is 223 Å². The van der Waals surface area contributed by atoms with Gasteiger partial charge in [0, 0.05) is 0 Å². The predicted octanol–water partition coefficient (Wildman–Crippen LogP) is 8.61. The van der Waals surface area contributed by atoms with Crippen LogP contribution in [0.5, 0.6) is 0 Å². The van der Waals surface area contributed by atoms with Crippen molar-refractivity contribution in [2.24, 2.45) is 47.3 Å². The summed E-state index contributed by atoms with van der Waals surface area (Å²) in [5, 5.41) is 0. The highest BCUT2D eigenvalue weighted by Crippen LogP contribution is 2.38. The van der Waals surface area contributed by atoms with Gasteiger partial charge in [-0.3, -0.25) is 9.59 Å². The normalized spacial score (nSPS) is 28.5. The molecule has 0 amide bonds. The highest BCUT2D eigenvalue weighted by atomic mass is 16.5. The number of esters is 2. The number of carbonyl (C=O) groups is 2. The van der Waals surface area contributed by atoms with Crippen molar-refractivity contribution in [2.75, 3.05) is 13.2 Å². The molecule has 2 aliphatic rings. The van der Waals surface area contributed by atoms with Crippen LogP contribution < -0.4 is 0 Å². The lowest BCUT2D eigenvalue weighted by Gasteiger charge is -2.34. The van der Waals surface area contributed by atoms with Gasteiger partial charge in [0.2, 0.25) is 0 Å². The van der Waals surface area contributed by atoms with Gasteiger partial charge in [0.15, 0.2) is 0 Å². The smallest absolute Gasteiger partial charge is 0.308 e. The molecule has 0 spiro atoms. The molecule has 0 saturated heterocycles. The van der Waals surface area contributed by atoms with Crippen LogP contribution in [0, 0.1) is 47.3 Å². The molecule has 4 heteroatoms. The SMILES string of the molecule is CCCCC(CC(CC)C(=O)OCC1CCC(COC(=O)C2CCC(CC)C(CC)C2)CC1)C(C)C. The van der Waals surface area contributed by atoms with Crippen molar-refractivity contribution in [3.8, 4) is 0 Å². The second kappa shape index (κ2) is 16.7. The zero-order valence-electron chi connectivity index (χ0n) is 24.6. The number of ether oxygens (including phenoxy) is 2. The van der Waals surface area contributed by atoms with Crippen LogP contribution >= 0.6 is 0 Å². The lowest BCUT2D eigenvalue weighted by Crippen LogP contribution is -2.31. The van der Waals surface area contributed by atoms with Crippen molar-refractivity contribution in [1.29, 1.82) is 0 Å². The highest BCUT2D eigenvalue weighted by Gasteiger charge is 2.33. The Morgan fingerprint density at radius 1 is 0.806 bits per heavy atom. The van der Waals surface area contributed by atoms with Gasteiger partial charge in [-0.1, -0.05) is 73.6 Å². The maximum Gasteiger partial charge on any atom is 0.308 e. The lowest BCUT2D eigenvalue weighted by molar-refractivity contribution is -0.154. The molecule has 2 aliphatic carbocycles. The molecule has 4 nitrogen and oxygen atoms in total. The van der Waals surface area contributed by atoms with Crippen LogP contribution in [0.4, 0.5) is 0 Å². The van der Waals surface area contributed by atoms with E-state index in [1.54, 1.807) is 0 Å². The molecule has 0 heterocycles. The average molecular weight is 507 g/mol. The molecule has 0 radical (unpaired) electrons. The van der Waals surface area contributed by atoms with Crippen molar-refractivity contribution in [1.82, 2.24) is 0 Å². The second-order valence-electron chi connectivity index (χ2n) is 12.5. The van der Waals surface area contributed by atoms with E-state index in [4.69, 9.17) is 9.47 Å². The summed E-state index contributed by atoms with van der Waals surface area (Å²) in [5.41, 5.74) is 0. The molecular formula is C32H58O4. The first-order chi connectivity index (χ1) is 17.3. The van der Waals surface area contributed by atoms with E-state index in [9.17, 15) is 9.59 Å². The van der Waals surface area contributed by atoms with E-state index in [0.717, 1.165) is 57.3 Å². The van der Waals surface area contributed by atoms with Gasteiger partial charge in [-0.15, -0.1) is 0 Å². The lowest BCUT2D eigenvalue weighted by atomic mass is 9.72. The minimum absolute atomic E-state index is 0.0129. The molecule has 0 aromatic heterocycles. The van der Waals surface area contributed by atoms with Crippen LogP contribution in [0.15, 0.2) is 0 Å². The van der Waals surface area contributed by atoms with Gasteiger partial charge in [0.25, 0.3) is 0 Å². The van der Waals surface area contributed by atoms with Gasteiger partial charge in [0.05, 0.1) is 25.0 Å². The fourth-order valence-electron chi connectivity index (χ4n) is 6.76. The Balaban J connectivity index is 1.67. The fourth-order valence-corrected chi connectivity index (χ4v) is 6.76. The van der Waals surface area contributed by atoms with E-state index in [0.29, 0.717) is 42.8 Å². The van der Waals surface area contributed by atoms with E-state index in [2.05, 4.69) is 41.5 Å². The minimum atomic E-state index is 0.0129.